The summed E-state index contributed by atoms with van der Waals surface area (Å²) >= 11 is 1.62. The Morgan fingerprint density at radius 3 is 2.24 bits per heavy atom. The molecule has 0 spiro atoms. The Morgan fingerprint density at radius 1 is 1.03 bits per heavy atom. The average Bonchev–Trinajstić information content (AvgIpc) is 3.10. The summed E-state index contributed by atoms with van der Waals surface area (Å²) in [5, 5.41) is 3.10. The standard InChI is InChI=1S/C26H35N3O4S/c1-17-7-3-4-8-19(17)23(30)27-18-11-14-28(15-12-18)26(33)22(13-16-34-2)29-24(31)20-9-5-6-10-21(20)25(29)32/h3-4,7-8,18,20-22H,5-6,9-16H2,1-2H3,(H,27,30). The molecule has 2 heterocycles. The Morgan fingerprint density at radius 2 is 1.65 bits per heavy atom. The number of benzene rings is 1. The Bertz CT molecular complexity index is 920. The zero-order valence-corrected chi connectivity index (χ0v) is 20.9. The van der Waals surface area contributed by atoms with E-state index in [1.165, 1.54) is 4.90 Å². The van der Waals surface area contributed by atoms with Crippen molar-refractivity contribution in [2.75, 3.05) is 25.1 Å². The number of imide groups is 1. The summed E-state index contributed by atoms with van der Waals surface area (Å²) in [6, 6.07) is 6.79. The second-order valence-corrected chi connectivity index (χ2v) is 10.7. The van der Waals surface area contributed by atoms with E-state index in [-0.39, 0.29) is 41.5 Å². The van der Waals surface area contributed by atoms with Gasteiger partial charge in [-0.1, -0.05) is 31.0 Å². The van der Waals surface area contributed by atoms with Crippen LogP contribution in [0.25, 0.3) is 0 Å². The van der Waals surface area contributed by atoms with Crippen LogP contribution in [0.4, 0.5) is 0 Å². The third kappa shape index (κ3) is 5.02. The number of piperidine rings is 1. The Kier molecular flexibility index (Phi) is 7.96. The number of aryl methyl sites for hydroxylation is 1. The van der Waals surface area contributed by atoms with Crippen molar-refractivity contribution in [3.8, 4) is 0 Å². The van der Waals surface area contributed by atoms with E-state index < -0.39 is 6.04 Å². The zero-order chi connectivity index (χ0) is 24.2. The van der Waals surface area contributed by atoms with Gasteiger partial charge in [0.2, 0.25) is 17.7 Å². The highest BCUT2D eigenvalue weighted by molar-refractivity contribution is 7.98. The van der Waals surface area contributed by atoms with Gasteiger partial charge in [-0.2, -0.15) is 11.8 Å². The summed E-state index contributed by atoms with van der Waals surface area (Å²) in [4.78, 5) is 55.7. The topological polar surface area (TPSA) is 86.8 Å². The minimum Gasteiger partial charge on any atom is -0.349 e. The first-order valence-corrected chi connectivity index (χ1v) is 13.8. The fourth-order valence-electron chi connectivity index (χ4n) is 5.63. The number of carbonyl (C=O) groups excluding carboxylic acids is 4. The van der Waals surface area contributed by atoms with Crippen LogP contribution in [0.15, 0.2) is 24.3 Å². The van der Waals surface area contributed by atoms with Crippen molar-refractivity contribution in [3.63, 3.8) is 0 Å². The number of likely N-dealkylation sites (tertiary alicyclic amines) is 2. The highest BCUT2D eigenvalue weighted by atomic mass is 32.2. The maximum absolute atomic E-state index is 13.6. The molecule has 4 amide bonds. The first-order valence-electron chi connectivity index (χ1n) is 12.4. The molecule has 8 heteroatoms. The van der Waals surface area contributed by atoms with E-state index >= 15 is 0 Å². The predicted octanol–water partition coefficient (Wildman–Crippen LogP) is 3.01. The van der Waals surface area contributed by atoms with Gasteiger partial charge in [0.1, 0.15) is 6.04 Å². The summed E-state index contributed by atoms with van der Waals surface area (Å²) in [7, 11) is 0. The zero-order valence-electron chi connectivity index (χ0n) is 20.1. The van der Waals surface area contributed by atoms with E-state index in [9.17, 15) is 19.2 Å². The van der Waals surface area contributed by atoms with Gasteiger partial charge in [-0.3, -0.25) is 24.1 Å². The largest absolute Gasteiger partial charge is 0.349 e. The molecule has 0 radical (unpaired) electrons. The van der Waals surface area contributed by atoms with Gasteiger partial charge < -0.3 is 10.2 Å². The van der Waals surface area contributed by atoms with Crippen LogP contribution < -0.4 is 5.32 Å². The molecule has 2 aliphatic heterocycles. The van der Waals surface area contributed by atoms with Gasteiger partial charge in [0.05, 0.1) is 11.8 Å². The van der Waals surface area contributed by atoms with E-state index in [0.29, 0.717) is 43.7 Å². The maximum Gasteiger partial charge on any atom is 0.251 e. The molecule has 3 atom stereocenters. The molecule has 4 rings (SSSR count). The first-order chi connectivity index (χ1) is 16.4. The van der Waals surface area contributed by atoms with Crippen molar-refractivity contribution in [2.45, 2.75) is 64.0 Å². The third-order valence-corrected chi connectivity index (χ3v) is 8.24. The van der Waals surface area contributed by atoms with Crippen molar-refractivity contribution in [3.05, 3.63) is 35.4 Å². The smallest absolute Gasteiger partial charge is 0.251 e. The Labute approximate surface area is 206 Å². The monoisotopic (exact) mass is 485 g/mol. The van der Waals surface area contributed by atoms with Crippen LogP contribution in [-0.2, 0) is 14.4 Å². The van der Waals surface area contributed by atoms with Crippen LogP contribution in [-0.4, -0.2) is 70.6 Å². The lowest BCUT2D eigenvalue weighted by Gasteiger charge is -2.36. The van der Waals surface area contributed by atoms with Crippen molar-refractivity contribution >= 4 is 35.4 Å². The van der Waals surface area contributed by atoms with Crippen LogP contribution in [0.3, 0.4) is 0 Å². The Balaban J connectivity index is 1.39. The fourth-order valence-corrected chi connectivity index (χ4v) is 6.09. The second-order valence-electron chi connectivity index (χ2n) is 9.73. The van der Waals surface area contributed by atoms with Crippen molar-refractivity contribution in [1.29, 1.82) is 0 Å². The lowest BCUT2D eigenvalue weighted by Crippen LogP contribution is -2.54. The highest BCUT2D eigenvalue weighted by Gasteiger charge is 2.52. The van der Waals surface area contributed by atoms with Crippen molar-refractivity contribution in [1.82, 2.24) is 15.1 Å². The molecule has 1 saturated carbocycles. The van der Waals surface area contributed by atoms with E-state index in [1.807, 2.05) is 37.4 Å². The van der Waals surface area contributed by atoms with Crippen molar-refractivity contribution in [2.24, 2.45) is 11.8 Å². The van der Waals surface area contributed by atoms with Gasteiger partial charge in [-0.15, -0.1) is 0 Å². The second kappa shape index (κ2) is 10.9. The number of fused-ring (bicyclic) bond motifs is 1. The maximum atomic E-state index is 13.6. The summed E-state index contributed by atoms with van der Waals surface area (Å²) in [6.07, 6.45) is 7.22. The van der Waals surface area contributed by atoms with Crippen LogP contribution in [0.5, 0.6) is 0 Å². The average molecular weight is 486 g/mol. The van der Waals surface area contributed by atoms with E-state index in [2.05, 4.69) is 5.32 Å². The minimum atomic E-state index is -0.712. The number of hydrogen-bond acceptors (Lipinski definition) is 5. The van der Waals surface area contributed by atoms with Gasteiger partial charge in [-0.25, -0.2) is 0 Å². The lowest BCUT2D eigenvalue weighted by atomic mass is 9.81. The molecule has 184 valence electrons. The summed E-state index contributed by atoms with van der Waals surface area (Å²) in [6.45, 7) is 2.94. The van der Waals surface area contributed by atoms with Crippen LogP contribution in [0, 0.1) is 18.8 Å². The van der Waals surface area contributed by atoms with Gasteiger partial charge >= 0.3 is 0 Å². The summed E-state index contributed by atoms with van der Waals surface area (Å²) in [5.74, 6) is -0.272. The molecule has 1 aromatic carbocycles. The first kappa shape index (κ1) is 24.8. The normalized spacial score (nSPS) is 24.2. The Hall–Kier alpha value is -2.35. The van der Waals surface area contributed by atoms with Gasteiger partial charge in [0.15, 0.2) is 0 Å². The molecule has 7 nitrogen and oxygen atoms in total. The molecule has 1 N–H and O–H groups in total. The number of hydrogen-bond donors (Lipinski definition) is 1. The van der Waals surface area contributed by atoms with Gasteiger partial charge in [0.25, 0.3) is 5.91 Å². The molecular formula is C26H35N3O4S. The van der Waals surface area contributed by atoms with E-state index in [1.54, 1.807) is 16.7 Å². The SMILES string of the molecule is CSCCC(C(=O)N1CCC(NC(=O)c2ccccc2C)CC1)N1C(=O)C2CCCCC2C1=O. The van der Waals surface area contributed by atoms with Crippen molar-refractivity contribution < 1.29 is 19.2 Å². The number of nitrogens with zero attached hydrogens (tertiary/aromatic N) is 2. The molecular weight excluding hydrogens is 450 g/mol. The minimum absolute atomic E-state index is 0.00118. The molecule has 1 aliphatic carbocycles. The third-order valence-electron chi connectivity index (χ3n) is 7.60. The molecule has 3 unspecified atom stereocenters. The fraction of sp³-hybridized carbons (Fsp3) is 0.615. The summed E-state index contributed by atoms with van der Waals surface area (Å²) in [5.41, 5.74) is 1.61. The van der Waals surface area contributed by atoms with E-state index in [4.69, 9.17) is 0 Å². The lowest BCUT2D eigenvalue weighted by molar-refractivity contribution is -0.152. The molecule has 2 saturated heterocycles. The highest BCUT2D eigenvalue weighted by Crippen LogP contribution is 2.39. The number of rotatable bonds is 7. The number of thioether (sulfide) groups is 1. The van der Waals surface area contributed by atoms with Crippen LogP contribution in [0.2, 0.25) is 0 Å². The molecule has 0 bridgehead atoms. The number of carbonyl (C=O) groups is 4. The number of amides is 4. The molecule has 0 aromatic heterocycles. The van der Waals surface area contributed by atoms with E-state index in [0.717, 1.165) is 31.2 Å². The van der Waals surface area contributed by atoms with Gasteiger partial charge in [-0.05, 0) is 62.7 Å². The summed E-state index contributed by atoms with van der Waals surface area (Å²) < 4.78 is 0. The van der Waals surface area contributed by atoms with Crippen LogP contribution in [0.1, 0.15) is 60.9 Å². The molecule has 34 heavy (non-hydrogen) atoms. The number of nitrogens with one attached hydrogen (secondary N) is 1. The molecule has 3 fully saturated rings. The van der Waals surface area contributed by atoms with Crippen LogP contribution >= 0.6 is 11.8 Å². The van der Waals surface area contributed by atoms with Gasteiger partial charge in [0, 0.05) is 24.7 Å². The predicted molar refractivity (Wildman–Crippen MR) is 132 cm³/mol. The quantitative estimate of drug-likeness (QED) is 0.600. The molecule has 1 aromatic rings. The molecule has 3 aliphatic rings.